The second-order valence-electron chi connectivity index (χ2n) is 5.52. The molecule has 1 atom stereocenters. The van der Waals surface area contributed by atoms with E-state index < -0.39 is 0 Å². The maximum Gasteiger partial charge on any atom is 0.224 e. The summed E-state index contributed by atoms with van der Waals surface area (Å²) in [5, 5.41) is 5.38. The summed E-state index contributed by atoms with van der Waals surface area (Å²) >= 11 is 0. The maximum atomic E-state index is 12.1. The Balaban J connectivity index is 2.10. The van der Waals surface area contributed by atoms with Gasteiger partial charge in [0.05, 0.1) is 6.42 Å². The summed E-state index contributed by atoms with van der Waals surface area (Å²) < 4.78 is 0. The van der Waals surface area contributed by atoms with Gasteiger partial charge < -0.3 is 11.1 Å². The number of fused-ring (bicyclic) bond motifs is 1. The molecule has 1 unspecified atom stereocenters. The highest BCUT2D eigenvalue weighted by molar-refractivity contribution is 5.85. The monoisotopic (exact) mass is 270 g/mol. The zero-order valence-corrected chi connectivity index (χ0v) is 12.1. The predicted molar refractivity (Wildman–Crippen MR) is 83.5 cm³/mol. The van der Waals surface area contributed by atoms with E-state index in [1.807, 2.05) is 32.0 Å². The van der Waals surface area contributed by atoms with Gasteiger partial charge in [-0.2, -0.15) is 0 Å². The van der Waals surface area contributed by atoms with Crippen LogP contribution in [0.15, 0.2) is 42.5 Å². The summed E-state index contributed by atoms with van der Waals surface area (Å²) in [6.07, 6.45) is 1.22. The van der Waals surface area contributed by atoms with E-state index in [9.17, 15) is 4.79 Å². The molecule has 0 radical (unpaired) electrons. The molecule has 1 amide bonds. The molecule has 0 aliphatic carbocycles. The van der Waals surface area contributed by atoms with Gasteiger partial charge in [-0.25, -0.2) is 0 Å². The van der Waals surface area contributed by atoms with Crippen molar-refractivity contribution in [3.8, 4) is 0 Å². The summed E-state index contributed by atoms with van der Waals surface area (Å²) in [4.78, 5) is 12.1. The van der Waals surface area contributed by atoms with E-state index in [0.29, 0.717) is 13.0 Å². The lowest BCUT2D eigenvalue weighted by atomic mass is 9.98. The number of carbonyl (C=O) groups excluding carboxylic acids is 1. The van der Waals surface area contributed by atoms with Gasteiger partial charge in [-0.05, 0) is 29.7 Å². The maximum absolute atomic E-state index is 12.1. The van der Waals surface area contributed by atoms with Gasteiger partial charge in [0.2, 0.25) is 5.91 Å². The molecule has 20 heavy (non-hydrogen) atoms. The van der Waals surface area contributed by atoms with Crippen LogP contribution in [0.1, 0.15) is 25.8 Å². The van der Waals surface area contributed by atoms with Gasteiger partial charge in [-0.1, -0.05) is 49.4 Å². The highest BCUT2D eigenvalue weighted by Gasteiger charge is 2.22. The van der Waals surface area contributed by atoms with Crippen molar-refractivity contribution >= 4 is 16.7 Å². The molecule has 2 aromatic rings. The van der Waals surface area contributed by atoms with Crippen LogP contribution in [0.2, 0.25) is 0 Å². The van der Waals surface area contributed by atoms with Crippen molar-refractivity contribution in [1.29, 1.82) is 0 Å². The van der Waals surface area contributed by atoms with Gasteiger partial charge in [0.25, 0.3) is 0 Å². The van der Waals surface area contributed by atoms with E-state index in [-0.39, 0.29) is 11.4 Å². The van der Waals surface area contributed by atoms with Crippen LogP contribution in [0, 0.1) is 0 Å². The fraction of sp³-hybridized carbons (Fsp3) is 0.353. The topological polar surface area (TPSA) is 55.1 Å². The minimum absolute atomic E-state index is 0.0232. The molecule has 0 aliphatic rings. The van der Waals surface area contributed by atoms with Gasteiger partial charge in [-0.15, -0.1) is 0 Å². The van der Waals surface area contributed by atoms with Crippen LogP contribution >= 0.6 is 0 Å². The quantitative estimate of drug-likeness (QED) is 0.877. The molecular formula is C17H22N2O. The third-order valence-electron chi connectivity index (χ3n) is 3.85. The SMILES string of the molecule is CCC(C)(CN)NC(=O)Cc1ccc2ccccc2c1. The van der Waals surface area contributed by atoms with Gasteiger partial charge in [0.1, 0.15) is 0 Å². The number of nitrogens with two attached hydrogens (primary N) is 1. The Morgan fingerprint density at radius 3 is 2.55 bits per heavy atom. The van der Waals surface area contributed by atoms with Gasteiger partial charge in [-0.3, -0.25) is 4.79 Å². The molecule has 106 valence electrons. The van der Waals surface area contributed by atoms with E-state index in [2.05, 4.69) is 29.6 Å². The first-order valence-electron chi connectivity index (χ1n) is 7.05. The third-order valence-corrected chi connectivity index (χ3v) is 3.85. The van der Waals surface area contributed by atoms with Crippen LogP contribution in [0.25, 0.3) is 10.8 Å². The molecule has 0 bridgehead atoms. The number of carbonyl (C=O) groups is 1. The van der Waals surface area contributed by atoms with E-state index in [0.717, 1.165) is 17.4 Å². The number of hydrogen-bond donors (Lipinski definition) is 2. The largest absolute Gasteiger partial charge is 0.349 e. The Morgan fingerprint density at radius 2 is 1.90 bits per heavy atom. The number of hydrogen-bond acceptors (Lipinski definition) is 2. The van der Waals surface area contributed by atoms with Crippen molar-refractivity contribution in [3.05, 3.63) is 48.0 Å². The van der Waals surface area contributed by atoms with Crippen LogP contribution < -0.4 is 11.1 Å². The van der Waals surface area contributed by atoms with Crippen molar-refractivity contribution in [2.75, 3.05) is 6.54 Å². The molecule has 0 aromatic heterocycles. The molecule has 0 aliphatic heterocycles. The third kappa shape index (κ3) is 3.36. The molecule has 0 saturated heterocycles. The first kappa shape index (κ1) is 14.5. The van der Waals surface area contributed by atoms with Crippen LogP contribution in [0.4, 0.5) is 0 Å². The van der Waals surface area contributed by atoms with Crippen molar-refractivity contribution in [1.82, 2.24) is 5.32 Å². The van der Waals surface area contributed by atoms with Crippen LogP contribution in [0.3, 0.4) is 0 Å². The fourth-order valence-corrected chi connectivity index (χ4v) is 2.20. The molecule has 0 saturated carbocycles. The standard InChI is InChI=1S/C17H22N2O/c1-3-17(2,12-18)19-16(20)11-13-8-9-14-6-4-5-7-15(14)10-13/h4-10H,3,11-12,18H2,1-2H3,(H,19,20). The lowest BCUT2D eigenvalue weighted by Gasteiger charge is -2.28. The van der Waals surface area contributed by atoms with Crippen molar-refractivity contribution in [2.45, 2.75) is 32.2 Å². The molecular weight excluding hydrogens is 248 g/mol. The number of rotatable bonds is 5. The van der Waals surface area contributed by atoms with Crippen LogP contribution in [-0.2, 0) is 11.2 Å². The Morgan fingerprint density at radius 1 is 1.20 bits per heavy atom. The average Bonchev–Trinajstić information content (AvgIpc) is 2.47. The molecule has 3 nitrogen and oxygen atoms in total. The van der Waals surface area contributed by atoms with Crippen molar-refractivity contribution in [2.24, 2.45) is 5.73 Å². The highest BCUT2D eigenvalue weighted by atomic mass is 16.1. The first-order valence-corrected chi connectivity index (χ1v) is 7.05. The fourth-order valence-electron chi connectivity index (χ4n) is 2.20. The summed E-state index contributed by atoms with van der Waals surface area (Å²) in [5.74, 6) is 0.0232. The highest BCUT2D eigenvalue weighted by Crippen LogP contribution is 2.16. The average molecular weight is 270 g/mol. The number of nitrogens with one attached hydrogen (secondary N) is 1. The normalized spacial score (nSPS) is 13.9. The molecule has 0 fully saturated rings. The van der Waals surface area contributed by atoms with Crippen LogP contribution in [0.5, 0.6) is 0 Å². The van der Waals surface area contributed by atoms with Crippen molar-refractivity contribution in [3.63, 3.8) is 0 Å². The van der Waals surface area contributed by atoms with E-state index in [1.165, 1.54) is 5.39 Å². The predicted octanol–water partition coefficient (Wildman–Crippen LogP) is 2.63. The molecule has 3 N–H and O–H groups in total. The zero-order chi connectivity index (χ0) is 14.6. The van der Waals surface area contributed by atoms with Gasteiger partial charge in [0.15, 0.2) is 0 Å². The number of benzene rings is 2. The molecule has 2 rings (SSSR count). The Kier molecular flexibility index (Phi) is 4.40. The lowest BCUT2D eigenvalue weighted by Crippen LogP contribution is -2.51. The minimum Gasteiger partial charge on any atom is -0.349 e. The second kappa shape index (κ2) is 6.06. The molecule has 0 heterocycles. The van der Waals surface area contributed by atoms with E-state index in [4.69, 9.17) is 5.73 Å². The first-order chi connectivity index (χ1) is 9.56. The Bertz CT molecular complexity index is 603. The zero-order valence-electron chi connectivity index (χ0n) is 12.1. The molecule has 2 aromatic carbocycles. The summed E-state index contributed by atoms with van der Waals surface area (Å²) in [6, 6.07) is 14.3. The Hall–Kier alpha value is -1.87. The Labute approximate surface area is 120 Å². The summed E-state index contributed by atoms with van der Waals surface area (Å²) in [7, 11) is 0. The van der Waals surface area contributed by atoms with E-state index in [1.54, 1.807) is 0 Å². The number of amides is 1. The van der Waals surface area contributed by atoms with Gasteiger partial charge >= 0.3 is 0 Å². The summed E-state index contributed by atoms with van der Waals surface area (Å²) in [5.41, 5.74) is 6.43. The minimum atomic E-state index is -0.312. The van der Waals surface area contributed by atoms with E-state index >= 15 is 0 Å². The lowest BCUT2D eigenvalue weighted by molar-refractivity contribution is -0.122. The molecule has 3 heteroatoms. The van der Waals surface area contributed by atoms with Crippen molar-refractivity contribution < 1.29 is 4.79 Å². The molecule has 0 spiro atoms. The smallest absolute Gasteiger partial charge is 0.224 e. The van der Waals surface area contributed by atoms with Gasteiger partial charge in [0, 0.05) is 12.1 Å². The van der Waals surface area contributed by atoms with Crippen LogP contribution in [-0.4, -0.2) is 18.0 Å². The summed E-state index contributed by atoms with van der Waals surface area (Å²) in [6.45, 7) is 4.46. The second-order valence-corrected chi connectivity index (χ2v) is 5.52.